The van der Waals surface area contributed by atoms with Crippen molar-refractivity contribution in [3.63, 3.8) is 0 Å². The van der Waals surface area contributed by atoms with Crippen molar-refractivity contribution in [2.75, 3.05) is 18.2 Å². The van der Waals surface area contributed by atoms with E-state index in [1.165, 1.54) is 30.2 Å². The number of amides is 1. The Morgan fingerprint density at radius 1 is 1.26 bits per heavy atom. The Hall–Kier alpha value is -2.65. The summed E-state index contributed by atoms with van der Waals surface area (Å²) >= 11 is 2.66. The summed E-state index contributed by atoms with van der Waals surface area (Å²) in [7, 11) is 3.28. The van der Waals surface area contributed by atoms with Gasteiger partial charge < -0.3 is 14.6 Å². The highest BCUT2D eigenvalue weighted by molar-refractivity contribution is 7.99. The molecule has 162 valence electrons. The summed E-state index contributed by atoms with van der Waals surface area (Å²) in [6.45, 7) is 4.01. The lowest BCUT2D eigenvalue weighted by Gasteiger charge is -2.10. The van der Waals surface area contributed by atoms with Gasteiger partial charge in [-0.2, -0.15) is 0 Å². The second-order valence-electron chi connectivity index (χ2n) is 7.67. The molecule has 0 radical (unpaired) electrons. The van der Waals surface area contributed by atoms with E-state index < -0.39 is 5.97 Å². The van der Waals surface area contributed by atoms with Gasteiger partial charge in [0.15, 0.2) is 5.16 Å². The molecule has 1 aliphatic carbocycles. The summed E-state index contributed by atoms with van der Waals surface area (Å²) in [5, 5.41) is 14.4. The fourth-order valence-corrected chi connectivity index (χ4v) is 5.10. The van der Waals surface area contributed by atoms with Crippen LogP contribution in [0.2, 0.25) is 0 Å². The molecule has 9 heteroatoms. The molecule has 2 aromatic heterocycles. The monoisotopic (exact) mass is 456 g/mol. The molecule has 3 aromatic rings. The first-order valence-corrected chi connectivity index (χ1v) is 11.8. The lowest BCUT2D eigenvalue weighted by atomic mass is 9.97. The number of nitrogens with zero attached hydrogens (tertiary/aromatic N) is 3. The number of aromatic nitrogens is 3. The largest absolute Gasteiger partial charge is 0.465 e. The molecule has 2 heterocycles. The minimum atomic E-state index is -0.470. The number of methoxy groups -OCH3 is 1. The highest BCUT2D eigenvalue weighted by Crippen LogP contribution is 2.40. The van der Waals surface area contributed by atoms with E-state index in [-0.39, 0.29) is 11.7 Å². The molecule has 0 aliphatic heterocycles. The van der Waals surface area contributed by atoms with Crippen molar-refractivity contribution in [3.8, 4) is 11.1 Å². The summed E-state index contributed by atoms with van der Waals surface area (Å²) in [6.07, 6.45) is 2.29. The van der Waals surface area contributed by atoms with Crippen LogP contribution in [0.15, 0.2) is 28.7 Å². The van der Waals surface area contributed by atoms with Gasteiger partial charge in [-0.25, -0.2) is 4.79 Å². The SMILES string of the molecule is COC(=O)c1c(-c2cc(C)ccc2C)csc1NC(=O)CSc1nnc(C2CC2)n1C. The van der Waals surface area contributed by atoms with Gasteiger partial charge in [0.05, 0.1) is 12.9 Å². The Labute approximate surface area is 189 Å². The fraction of sp³-hybridized carbons (Fsp3) is 0.364. The Morgan fingerprint density at radius 3 is 2.74 bits per heavy atom. The van der Waals surface area contributed by atoms with Crippen molar-refractivity contribution in [3.05, 3.63) is 46.1 Å². The van der Waals surface area contributed by atoms with Crippen LogP contribution in [0, 0.1) is 13.8 Å². The highest BCUT2D eigenvalue weighted by atomic mass is 32.2. The molecule has 1 aromatic carbocycles. The van der Waals surface area contributed by atoms with Gasteiger partial charge in [-0.3, -0.25) is 4.79 Å². The highest BCUT2D eigenvalue weighted by Gasteiger charge is 2.29. The molecule has 1 saturated carbocycles. The normalized spacial score (nSPS) is 13.3. The van der Waals surface area contributed by atoms with Crippen LogP contribution in [-0.2, 0) is 16.6 Å². The first-order chi connectivity index (χ1) is 14.9. The second kappa shape index (κ2) is 8.84. The molecule has 0 atom stereocenters. The van der Waals surface area contributed by atoms with E-state index in [0.717, 1.165) is 40.9 Å². The number of rotatable bonds is 7. The van der Waals surface area contributed by atoms with Gasteiger partial charge in [0.25, 0.3) is 0 Å². The molecule has 4 rings (SSSR count). The average Bonchev–Trinajstić information content (AvgIpc) is 3.41. The van der Waals surface area contributed by atoms with Gasteiger partial charge in [0.1, 0.15) is 16.4 Å². The van der Waals surface area contributed by atoms with Gasteiger partial charge in [-0.1, -0.05) is 35.5 Å². The molecular formula is C22H24N4O3S2. The number of hydrogen-bond acceptors (Lipinski definition) is 7. The van der Waals surface area contributed by atoms with Gasteiger partial charge in [-0.05, 0) is 37.8 Å². The van der Waals surface area contributed by atoms with Crippen molar-refractivity contribution in [1.29, 1.82) is 0 Å². The molecule has 0 unspecified atom stereocenters. The number of nitrogens with one attached hydrogen (secondary N) is 1. The molecule has 1 fully saturated rings. The topological polar surface area (TPSA) is 86.1 Å². The molecule has 31 heavy (non-hydrogen) atoms. The van der Waals surface area contributed by atoms with Crippen LogP contribution in [0.25, 0.3) is 11.1 Å². The minimum absolute atomic E-state index is 0.175. The van der Waals surface area contributed by atoms with Gasteiger partial charge in [0.2, 0.25) is 5.91 Å². The summed E-state index contributed by atoms with van der Waals surface area (Å²) in [5.74, 6) is 0.974. The van der Waals surface area contributed by atoms with Crippen LogP contribution >= 0.6 is 23.1 Å². The molecule has 0 spiro atoms. The molecular weight excluding hydrogens is 432 g/mol. The number of thioether (sulfide) groups is 1. The third-order valence-corrected chi connectivity index (χ3v) is 7.18. The Bertz CT molecular complexity index is 1150. The number of ether oxygens (including phenoxy) is 1. The number of hydrogen-bond donors (Lipinski definition) is 1. The summed E-state index contributed by atoms with van der Waals surface area (Å²) in [5.41, 5.74) is 4.26. The molecule has 1 amide bonds. The van der Waals surface area contributed by atoms with E-state index in [1.807, 2.05) is 49.0 Å². The molecule has 1 N–H and O–H groups in total. The number of thiophene rings is 1. The number of carbonyl (C=O) groups excluding carboxylic acids is 2. The van der Waals surface area contributed by atoms with E-state index in [4.69, 9.17) is 4.74 Å². The maximum Gasteiger partial charge on any atom is 0.341 e. The van der Waals surface area contributed by atoms with Crippen LogP contribution in [0.5, 0.6) is 0 Å². The smallest absolute Gasteiger partial charge is 0.341 e. The van der Waals surface area contributed by atoms with Crippen LogP contribution in [0.4, 0.5) is 5.00 Å². The zero-order valence-electron chi connectivity index (χ0n) is 17.9. The van der Waals surface area contributed by atoms with Crippen molar-refractivity contribution in [2.24, 2.45) is 7.05 Å². The maximum absolute atomic E-state index is 12.6. The quantitative estimate of drug-likeness (QED) is 0.414. The molecule has 7 nitrogen and oxygen atoms in total. The van der Waals surface area contributed by atoms with Crippen molar-refractivity contribution in [1.82, 2.24) is 14.8 Å². The van der Waals surface area contributed by atoms with Gasteiger partial charge >= 0.3 is 5.97 Å². The van der Waals surface area contributed by atoms with Crippen LogP contribution in [0.3, 0.4) is 0 Å². The summed E-state index contributed by atoms with van der Waals surface area (Å²) in [6, 6.07) is 6.09. The number of esters is 1. The van der Waals surface area contributed by atoms with Crippen LogP contribution < -0.4 is 5.32 Å². The molecule has 0 saturated heterocycles. The Kier molecular flexibility index (Phi) is 6.15. The molecule has 0 bridgehead atoms. The predicted molar refractivity (Wildman–Crippen MR) is 123 cm³/mol. The van der Waals surface area contributed by atoms with Crippen LogP contribution in [-0.4, -0.2) is 39.5 Å². The fourth-order valence-electron chi connectivity index (χ4n) is 3.42. The van der Waals surface area contributed by atoms with Crippen molar-refractivity contribution >= 4 is 40.0 Å². The van der Waals surface area contributed by atoms with Gasteiger partial charge in [0, 0.05) is 23.9 Å². The zero-order valence-corrected chi connectivity index (χ0v) is 19.5. The van der Waals surface area contributed by atoms with E-state index in [9.17, 15) is 9.59 Å². The van der Waals surface area contributed by atoms with E-state index >= 15 is 0 Å². The third-order valence-electron chi connectivity index (χ3n) is 5.26. The first kappa shape index (κ1) is 21.6. The van der Waals surface area contributed by atoms with E-state index in [0.29, 0.717) is 21.6 Å². The van der Waals surface area contributed by atoms with Crippen LogP contribution in [0.1, 0.15) is 46.1 Å². The Balaban J connectivity index is 1.52. The molecule has 1 aliphatic rings. The Morgan fingerprint density at radius 2 is 2.03 bits per heavy atom. The number of benzene rings is 1. The summed E-state index contributed by atoms with van der Waals surface area (Å²) in [4.78, 5) is 25.2. The minimum Gasteiger partial charge on any atom is -0.465 e. The second-order valence-corrected chi connectivity index (χ2v) is 9.50. The number of aryl methyl sites for hydroxylation is 2. The lowest BCUT2D eigenvalue weighted by Crippen LogP contribution is -2.16. The number of anilines is 1. The average molecular weight is 457 g/mol. The summed E-state index contributed by atoms with van der Waals surface area (Å²) < 4.78 is 6.97. The zero-order chi connectivity index (χ0) is 22.1. The predicted octanol–water partition coefficient (Wildman–Crippen LogP) is 4.56. The number of carbonyl (C=O) groups is 2. The van der Waals surface area contributed by atoms with Crippen molar-refractivity contribution < 1.29 is 14.3 Å². The standard InChI is InChI=1S/C22H24N4O3S2/c1-12-5-6-13(2)15(9-12)16-10-30-20(18(16)21(28)29-4)23-17(27)11-31-22-25-24-19(26(22)3)14-7-8-14/h5-6,9-10,14H,7-8,11H2,1-4H3,(H,23,27). The maximum atomic E-state index is 12.6. The lowest BCUT2D eigenvalue weighted by molar-refractivity contribution is -0.113. The van der Waals surface area contributed by atoms with Crippen molar-refractivity contribution in [2.45, 2.75) is 37.8 Å². The van der Waals surface area contributed by atoms with E-state index in [1.54, 1.807) is 0 Å². The first-order valence-electron chi connectivity index (χ1n) is 9.98. The third kappa shape index (κ3) is 4.52. The van der Waals surface area contributed by atoms with Gasteiger partial charge in [-0.15, -0.1) is 21.5 Å². The van der Waals surface area contributed by atoms with E-state index in [2.05, 4.69) is 15.5 Å².